The normalized spacial score (nSPS) is 9.33. The Morgan fingerprint density at radius 1 is 1.00 bits per heavy atom. The Bertz CT molecular complexity index is 318. The van der Waals surface area contributed by atoms with E-state index in [4.69, 9.17) is 0 Å². The van der Waals surface area contributed by atoms with Crippen molar-refractivity contribution in [3.8, 4) is 0 Å². The van der Waals surface area contributed by atoms with Crippen molar-refractivity contribution in [3.05, 3.63) is 72.9 Å². The highest BCUT2D eigenvalue weighted by molar-refractivity contribution is 5.20. The van der Waals surface area contributed by atoms with Crippen LogP contribution in [-0.2, 0) is 6.42 Å². The van der Waals surface area contributed by atoms with E-state index >= 15 is 0 Å². The van der Waals surface area contributed by atoms with Gasteiger partial charge in [0.25, 0.3) is 0 Å². The zero-order valence-electron chi connectivity index (χ0n) is 9.15. The molecule has 0 spiro atoms. The van der Waals surface area contributed by atoms with Crippen molar-refractivity contribution in [2.24, 2.45) is 0 Å². The molecule has 0 bridgehead atoms. The van der Waals surface area contributed by atoms with Gasteiger partial charge in [-0.2, -0.15) is 0 Å². The first kappa shape index (κ1) is 11.5. The third-order valence-electron chi connectivity index (χ3n) is 2.28. The molecular weight excluding hydrogens is 180 g/mol. The molecule has 0 saturated carbocycles. The Labute approximate surface area is 92.6 Å². The molecule has 0 fully saturated rings. The topological polar surface area (TPSA) is 0 Å². The van der Waals surface area contributed by atoms with Crippen LogP contribution >= 0.6 is 0 Å². The van der Waals surface area contributed by atoms with E-state index in [1.807, 2.05) is 18.2 Å². The zero-order valence-corrected chi connectivity index (χ0v) is 9.15. The molecule has 0 amide bonds. The van der Waals surface area contributed by atoms with Gasteiger partial charge in [0.15, 0.2) is 0 Å². The maximum atomic E-state index is 3.76. The predicted molar refractivity (Wildman–Crippen MR) is 67.9 cm³/mol. The maximum Gasteiger partial charge on any atom is -0.00945 e. The van der Waals surface area contributed by atoms with Gasteiger partial charge in [-0.3, -0.25) is 0 Å². The van der Waals surface area contributed by atoms with Gasteiger partial charge in [0.2, 0.25) is 0 Å². The lowest BCUT2D eigenvalue weighted by atomic mass is 10.0. The molecule has 0 aliphatic rings. The van der Waals surface area contributed by atoms with Crippen LogP contribution in [0.2, 0.25) is 0 Å². The van der Waals surface area contributed by atoms with Gasteiger partial charge in [-0.05, 0) is 24.8 Å². The van der Waals surface area contributed by atoms with Crippen molar-refractivity contribution in [1.82, 2.24) is 0 Å². The molecule has 0 nitrogen and oxygen atoms in total. The lowest BCUT2D eigenvalue weighted by Crippen LogP contribution is -1.84. The van der Waals surface area contributed by atoms with Crippen molar-refractivity contribution in [1.29, 1.82) is 0 Å². The van der Waals surface area contributed by atoms with Gasteiger partial charge in [-0.25, -0.2) is 0 Å². The van der Waals surface area contributed by atoms with Crippen LogP contribution < -0.4 is 0 Å². The van der Waals surface area contributed by atoms with Crippen molar-refractivity contribution < 1.29 is 0 Å². The Balaban J connectivity index is 2.60. The summed E-state index contributed by atoms with van der Waals surface area (Å²) in [4.78, 5) is 0. The lowest BCUT2D eigenvalue weighted by Gasteiger charge is -2.01. The number of allylic oxidation sites excluding steroid dienone is 4. The van der Waals surface area contributed by atoms with Gasteiger partial charge in [0.05, 0.1) is 0 Å². The fourth-order valence-corrected chi connectivity index (χ4v) is 1.50. The van der Waals surface area contributed by atoms with Crippen LogP contribution in [-0.4, -0.2) is 0 Å². The Morgan fingerprint density at radius 3 is 2.13 bits per heavy atom. The van der Waals surface area contributed by atoms with Crippen LogP contribution in [0.3, 0.4) is 0 Å². The summed E-state index contributed by atoms with van der Waals surface area (Å²) < 4.78 is 0. The van der Waals surface area contributed by atoms with Crippen LogP contribution in [0.5, 0.6) is 0 Å². The van der Waals surface area contributed by atoms with Gasteiger partial charge in [0.1, 0.15) is 0 Å². The predicted octanol–water partition coefficient (Wildman–Crippen LogP) is 4.31. The number of hydrogen-bond donors (Lipinski definition) is 0. The summed E-state index contributed by atoms with van der Waals surface area (Å²) >= 11 is 0. The average molecular weight is 198 g/mol. The smallest absolute Gasteiger partial charge is 0.00945 e. The molecular formula is C15H18. The molecule has 0 atom stereocenters. The second-order valence-corrected chi connectivity index (χ2v) is 3.54. The monoisotopic (exact) mass is 198 g/mol. The summed E-state index contributed by atoms with van der Waals surface area (Å²) in [7, 11) is 0. The van der Waals surface area contributed by atoms with E-state index in [1.54, 1.807) is 0 Å². The first-order valence-electron chi connectivity index (χ1n) is 5.30. The minimum atomic E-state index is 0.957. The third kappa shape index (κ3) is 4.46. The van der Waals surface area contributed by atoms with Gasteiger partial charge < -0.3 is 0 Å². The van der Waals surface area contributed by atoms with Crippen LogP contribution in [0.4, 0.5) is 0 Å². The summed E-state index contributed by atoms with van der Waals surface area (Å²) in [6.07, 6.45) is 9.08. The van der Waals surface area contributed by atoms with E-state index in [0.29, 0.717) is 0 Å². The number of rotatable bonds is 6. The van der Waals surface area contributed by atoms with E-state index in [2.05, 4.69) is 43.5 Å². The maximum absolute atomic E-state index is 3.76. The van der Waals surface area contributed by atoms with Gasteiger partial charge in [-0.15, -0.1) is 13.2 Å². The first-order chi connectivity index (χ1) is 7.36. The second-order valence-electron chi connectivity index (χ2n) is 3.54. The summed E-state index contributed by atoms with van der Waals surface area (Å²) in [6.45, 7) is 7.53. The largest absolute Gasteiger partial charge is 0.103 e. The van der Waals surface area contributed by atoms with E-state index < -0.39 is 0 Å². The molecule has 15 heavy (non-hydrogen) atoms. The van der Waals surface area contributed by atoms with E-state index in [0.717, 1.165) is 19.3 Å². The van der Waals surface area contributed by atoms with Gasteiger partial charge in [-0.1, -0.05) is 54.1 Å². The minimum Gasteiger partial charge on any atom is -0.103 e. The SMILES string of the molecule is C=CCC(=CCc1ccccc1)CC=C. The van der Waals surface area contributed by atoms with Crippen molar-refractivity contribution in [2.75, 3.05) is 0 Å². The summed E-state index contributed by atoms with van der Waals surface area (Å²) in [5.41, 5.74) is 2.74. The summed E-state index contributed by atoms with van der Waals surface area (Å²) in [5, 5.41) is 0. The second kappa shape index (κ2) is 6.83. The Morgan fingerprint density at radius 2 is 1.60 bits per heavy atom. The molecule has 1 rings (SSSR count). The van der Waals surface area contributed by atoms with Crippen LogP contribution in [0.15, 0.2) is 67.3 Å². The van der Waals surface area contributed by atoms with E-state index in [1.165, 1.54) is 11.1 Å². The highest BCUT2D eigenvalue weighted by atomic mass is 14.0. The van der Waals surface area contributed by atoms with Crippen LogP contribution in [0.25, 0.3) is 0 Å². The average Bonchev–Trinajstić information content (AvgIpc) is 2.28. The molecule has 0 saturated heterocycles. The van der Waals surface area contributed by atoms with Gasteiger partial charge >= 0.3 is 0 Å². The molecule has 1 aromatic carbocycles. The highest BCUT2D eigenvalue weighted by Crippen LogP contribution is 2.10. The van der Waals surface area contributed by atoms with Crippen molar-refractivity contribution in [3.63, 3.8) is 0 Å². The molecule has 0 unspecified atom stereocenters. The fourth-order valence-electron chi connectivity index (χ4n) is 1.50. The lowest BCUT2D eigenvalue weighted by molar-refractivity contribution is 1.07. The quantitative estimate of drug-likeness (QED) is 0.597. The van der Waals surface area contributed by atoms with Gasteiger partial charge in [0, 0.05) is 0 Å². The number of benzene rings is 1. The molecule has 0 aliphatic carbocycles. The molecule has 78 valence electrons. The zero-order chi connectivity index (χ0) is 10.9. The Hall–Kier alpha value is -1.56. The molecule has 0 N–H and O–H groups in total. The fraction of sp³-hybridized carbons (Fsp3) is 0.200. The van der Waals surface area contributed by atoms with Crippen LogP contribution in [0, 0.1) is 0 Å². The van der Waals surface area contributed by atoms with E-state index in [-0.39, 0.29) is 0 Å². The summed E-state index contributed by atoms with van der Waals surface area (Å²) in [6, 6.07) is 10.5. The standard InChI is InChI=1S/C15H18/c1-3-8-14(9-4-2)12-13-15-10-6-5-7-11-15/h3-7,10-12H,1-2,8-9,13H2. The molecule has 0 heterocycles. The van der Waals surface area contributed by atoms with Crippen molar-refractivity contribution >= 4 is 0 Å². The van der Waals surface area contributed by atoms with Crippen LogP contribution in [0.1, 0.15) is 18.4 Å². The van der Waals surface area contributed by atoms with E-state index in [9.17, 15) is 0 Å². The molecule has 1 aromatic rings. The molecule has 0 aliphatic heterocycles. The molecule has 0 aromatic heterocycles. The summed E-state index contributed by atoms with van der Waals surface area (Å²) in [5.74, 6) is 0. The third-order valence-corrected chi connectivity index (χ3v) is 2.28. The number of hydrogen-bond acceptors (Lipinski definition) is 0. The minimum absolute atomic E-state index is 0.957. The molecule has 0 radical (unpaired) electrons. The first-order valence-corrected chi connectivity index (χ1v) is 5.30. The van der Waals surface area contributed by atoms with Crippen molar-refractivity contribution in [2.45, 2.75) is 19.3 Å². The molecule has 0 heteroatoms. The highest BCUT2D eigenvalue weighted by Gasteiger charge is 1.93. The Kier molecular flexibility index (Phi) is 5.24.